The Hall–Kier alpha value is -2.36. The quantitative estimate of drug-likeness (QED) is 0.654. The van der Waals surface area contributed by atoms with Crippen LogP contribution in [0.5, 0.6) is 5.75 Å². The second-order valence-corrected chi connectivity index (χ2v) is 4.06. The van der Waals surface area contributed by atoms with Crippen molar-refractivity contribution in [1.29, 1.82) is 0 Å². The highest BCUT2D eigenvalue weighted by Gasteiger charge is 2.22. The lowest BCUT2D eigenvalue weighted by Crippen LogP contribution is -2.09. The molecule has 0 fully saturated rings. The predicted molar refractivity (Wildman–Crippen MR) is 68.7 cm³/mol. The van der Waals surface area contributed by atoms with Crippen molar-refractivity contribution in [3.05, 3.63) is 48.0 Å². The summed E-state index contributed by atoms with van der Waals surface area (Å²) < 4.78 is 5.78. The van der Waals surface area contributed by atoms with Crippen LogP contribution in [0.25, 0.3) is 0 Å². The van der Waals surface area contributed by atoms with E-state index < -0.39 is 0 Å². The van der Waals surface area contributed by atoms with Crippen molar-refractivity contribution in [2.24, 2.45) is 0 Å². The van der Waals surface area contributed by atoms with E-state index in [4.69, 9.17) is 16.2 Å². The third-order valence-corrected chi connectivity index (χ3v) is 2.78. The van der Waals surface area contributed by atoms with Gasteiger partial charge >= 0.3 is 0 Å². The number of benzene rings is 2. The fourth-order valence-corrected chi connectivity index (χ4v) is 1.88. The Kier molecular flexibility index (Phi) is 2.08. The van der Waals surface area contributed by atoms with Crippen molar-refractivity contribution in [3.63, 3.8) is 0 Å². The molecule has 1 atom stereocenters. The summed E-state index contributed by atoms with van der Waals surface area (Å²) >= 11 is 0. The Balaban J connectivity index is 1.88. The highest BCUT2D eigenvalue weighted by atomic mass is 16.5. The number of fused-ring (bicyclic) bond motifs is 1. The Morgan fingerprint density at radius 1 is 0.941 bits per heavy atom. The van der Waals surface area contributed by atoms with E-state index >= 15 is 0 Å². The third-order valence-electron chi connectivity index (χ3n) is 2.78. The van der Waals surface area contributed by atoms with Crippen LogP contribution in [0, 0.1) is 0 Å². The minimum atomic E-state index is -0.174. The molecule has 0 bridgehead atoms. The zero-order valence-corrected chi connectivity index (χ0v) is 9.18. The molecule has 0 aliphatic carbocycles. The van der Waals surface area contributed by atoms with Gasteiger partial charge in [-0.2, -0.15) is 0 Å². The minimum absolute atomic E-state index is 0.174. The van der Waals surface area contributed by atoms with Gasteiger partial charge in [-0.05, 0) is 24.3 Å². The Morgan fingerprint density at radius 2 is 1.65 bits per heavy atom. The molecule has 2 aromatic rings. The molecule has 0 amide bonds. The van der Waals surface area contributed by atoms with Crippen molar-refractivity contribution in [1.82, 2.24) is 0 Å². The van der Waals surface area contributed by atoms with Gasteiger partial charge in [-0.3, -0.25) is 0 Å². The van der Waals surface area contributed by atoms with Crippen LogP contribution in [-0.2, 0) is 0 Å². The Morgan fingerprint density at radius 3 is 2.41 bits per heavy atom. The molecular weight excluding hydrogens is 214 g/mol. The first-order chi connectivity index (χ1) is 8.22. The summed E-state index contributed by atoms with van der Waals surface area (Å²) in [5.74, 6) is 0.784. The van der Waals surface area contributed by atoms with E-state index in [1.807, 2.05) is 42.5 Å². The molecule has 0 radical (unpaired) electrons. The van der Waals surface area contributed by atoms with Crippen LogP contribution in [0.1, 0.15) is 11.8 Å². The molecule has 0 spiro atoms. The first kappa shape index (κ1) is 9.84. The molecule has 0 aromatic heterocycles. The minimum Gasteiger partial charge on any atom is -0.464 e. The molecule has 4 heteroatoms. The van der Waals surface area contributed by atoms with Crippen molar-refractivity contribution in [2.75, 3.05) is 16.8 Å². The van der Waals surface area contributed by atoms with E-state index in [0.717, 1.165) is 22.7 Å². The number of nitrogens with one attached hydrogen (secondary N) is 1. The van der Waals surface area contributed by atoms with E-state index in [1.54, 1.807) is 0 Å². The van der Waals surface area contributed by atoms with E-state index in [2.05, 4.69) is 5.32 Å². The average Bonchev–Trinajstić information content (AvgIpc) is 2.72. The maximum absolute atomic E-state index is 5.78. The van der Waals surface area contributed by atoms with Crippen LogP contribution >= 0.6 is 0 Å². The molecule has 86 valence electrons. The Labute approximate surface area is 99.2 Å². The van der Waals surface area contributed by atoms with Gasteiger partial charge in [0.15, 0.2) is 6.23 Å². The van der Waals surface area contributed by atoms with Crippen LogP contribution in [0.2, 0.25) is 0 Å². The second-order valence-electron chi connectivity index (χ2n) is 4.06. The topological polar surface area (TPSA) is 73.3 Å². The summed E-state index contributed by atoms with van der Waals surface area (Å²) in [5.41, 5.74) is 14.8. The summed E-state index contributed by atoms with van der Waals surface area (Å²) in [6, 6.07) is 13.2. The number of hydrogen-bond donors (Lipinski definition) is 3. The molecular formula is C13H13N3O. The average molecular weight is 227 g/mol. The van der Waals surface area contributed by atoms with Gasteiger partial charge in [-0.1, -0.05) is 12.1 Å². The second kappa shape index (κ2) is 3.59. The number of hydrogen-bond acceptors (Lipinski definition) is 4. The maximum Gasteiger partial charge on any atom is 0.196 e. The van der Waals surface area contributed by atoms with Gasteiger partial charge < -0.3 is 21.5 Å². The SMILES string of the molecule is Nc1ccc(C2Nc3ccc(N)cc3O2)cc1. The standard InChI is InChI=1S/C13H13N3O/c14-9-3-1-8(2-4-9)13-16-11-6-5-10(15)7-12(11)17-13/h1-7,13,16H,14-15H2. The number of ether oxygens (including phenoxy) is 1. The highest BCUT2D eigenvalue weighted by Crippen LogP contribution is 2.38. The molecule has 5 N–H and O–H groups in total. The smallest absolute Gasteiger partial charge is 0.196 e. The lowest BCUT2D eigenvalue weighted by atomic mass is 10.2. The molecule has 3 rings (SSSR count). The first-order valence-electron chi connectivity index (χ1n) is 5.40. The molecule has 1 heterocycles. The summed E-state index contributed by atoms with van der Waals surface area (Å²) in [6.45, 7) is 0. The summed E-state index contributed by atoms with van der Waals surface area (Å²) in [4.78, 5) is 0. The molecule has 2 aromatic carbocycles. The number of anilines is 3. The lowest BCUT2D eigenvalue weighted by Gasteiger charge is -2.11. The molecule has 1 aliphatic rings. The van der Waals surface area contributed by atoms with Crippen molar-refractivity contribution in [3.8, 4) is 5.75 Å². The van der Waals surface area contributed by atoms with Crippen molar-refractivity contribution in [2.45, 2.75) is 6.23 Å². The van der Waals surface area contributed by atoms with Gasteiger partial charge in [0.05, 0.1) is 5.69 Å². The zero-order valence-electron chi connectivity index (χ0n) is 9.18. The molecule has 0 saturated carbocycles. The van der Waals surface area contributed by atoms with Crippen LogP contribution in [0.15, 0.2) is 42.5 Å². The van der Waals surface area contributed by atoms with Gasteiger partial charge in [0.1, 0.15) is 5.75 Å². The van der Waals surface area contributed by atoms with E-state index in [9.17, 15) is 0 Å². The van der Waals surface area contributed by atoms with Gasteiger partial charge in [0.25, 0.3) is 0 Å². The van der Waals surface area contributed by atoms with Crippen LogP contribution in [-0.4, -0.2) is 0 Å². The molecule has 4 nitrogen and oxygen atoms in total. The maximum atomic E-state index is 5.78. The number of rotatable bonds is 1. The Bertz CT molecular complexity index is 551. The van der Waals surface area contributed by atoms with Gasteiger partial charge in [-0.25, -0.2) is 0 Å². The summed E-state index contributed by atoms with van der Waals surface area (Å²) in [7, 11) is 0. The largest absolute Gasteiger partial charge is 0.464 e. The fourth-order valence-electron chi connectivity index (χ4n) is 1.88. The molecule has 1 unspecified atom stereocenters. The van der Waals surface area contributed by atoms with Crippen LogP contribution in [0.4, 0.5) is 17.1 Å². The highest BCUT2D eigenvalue weighted by molar-refractivity contribution is 5.65. The lowest BCUT2D eigenvalue weighted by molar-refractivity contribution is 0.260. The first-order valence-corrected chi connectivity index (χ1v) is 5.40. The van der Waals surface area contributed by atoms with E-state index in [1.165, 1.54) is 0 Å². The monoisotopic (exact) mass is 227 g/mol. The number of nitrogen functional groups attached to an aromatic ring is 2. The van der Waals surface area contributed by atoms with E-state index in [-0.39, 0.29) is 6.23 Å². The molecule has 0 saturated heterocycles. The van der Waals surface area contributed by atoms with Gasteiger partial charge in [-0.15, -0.1) is 0 Å². The van der Waals surface area contributed by atoms with Crippen LogP contribution in [0.3, 0.4) is 0 Å². The normalized spacial score (nSPS) is 17.1. The number of nitrogens with two attached hydrogens (primary N) is 2. The third kappa shape index (κ3) is 1.73. The van der Waals surface area contributed by atoms with Crippen molar-refractivity contribution >= 4 is 17.1 Å². The zero-order chi connectivity index (χ0) is 11.8. The van der Waals surface area contributed by atoms with E-state index in [0.29, 0.717) is 5.69 Å². The predicted octanol–water partition coefficient (Wildman–Crippen LogP) is 2.35. The van der Waals surface area contributed by atoms with Crippen molar-refractivity contribution < 1.29 is 4.74 Å². The van der Waals surface area contributed by atoms with Gasteiger partial charge in [0.2, 0.25) is 0 Å². The molecule has 17 heavy (non-hydrogen) atoms. The van der Waals surface area contributed by atoms with Crippen LogP contribution < -0.4 is 21.5 Å². The summed E-state index contributed by atoms with van der Waals surface area (Å²) in [5, 5.41) is 3.28. The molecule has 1 aliphatic heterocycles. The van der Waals surface area contributed by atoms with Gasteiger partial charge in [0, 0.05) is 23.0 Å². The summed E-state index contributed by atoms with van der Waals surface area (Å²) in [6.07, 6.45) is -0.174. The fraction of sp³-hybridized carbons (Fsp3) is 0.0769.